The van der Waals surface area contributed by atoms with Gasteiger partial charge in [-0.2, -0.15) is 5.10 Å². The molecular weight excluding hydrogens is 332 g/mol. The molecule has 0 fully saturated rings. The summed E-state index contributed by atoms with van der Waals surface area (Å²) in [4.78, 5) is 25.8. The van der Waals surface area contributed by atoms with Crippen LogP contribution in [0.4, 0.5) is 5.69 Å². The summed E-state index contributed by atoms with van der Waals surface area (Å²) >= 11 is 0. The first kappa shape index (κ1) is 17.5. The van der Waals surface area contributed by atoms with Gasteiger partial charge >= 0.3 is 0 Å². The number of hydrogen-bond acceptors (Lipinski definition) is 4. The van der Waals surface area contributed by atoms with Crippen molar-refractivity contribution in [2.45, 2.75) is 20.8 Å². The van der Waals surface area contributed by atoms with Crippen LogP contribution in [-0.2, 0) is 0 Å². The van der Waals surface area contributed by atoms with Crippen LogP contribution in [0.15, 0.2) is 41.3 Å². The van der Waals surface area contributed by atoms with Crippen LogP contribution in [-0.4, -0.2) is 27.8 Å². The number of aromatic nitrogens is 3. The van der Waals surface area contributed by atoms with Gasteiger partial charge in [-0.25, -0.2) is 0 Å². The number of pyridine rings is 1. The fourth-order valence-corrected chi connectivity index (χ4v) is 2.83. The Labute approximate surface area is 150 Å². The summed E-state index contributed by atoms with van der Waals surface area (Å²) in [5, 5.41) is 9.65. The number of nitrogens with zero attached hydrogens (tertiary/aromatic N) is 2. The molecule has 7 nitrogen and oxygen atoms in total. The topological polar surface area (TPSA) is 89.0 Å². The lowest BCUT2D eigenvalue weighted by atomic mass is 10.1. The Morgan fingerprint density at radius 2 is 1.92 bits per heavy atom. The van der Waals surface area contributed by atoms with E-state index in [9.17, 15) is 9.59 Å². The number of methoxy groups -OCH3 is 1. The number of para-hydroxylation sites is 2. The smallest absolute Gasteiger partial charge is 0.268 e. The molecular formula is C19H20N4O3. The molecule has 0 bridgehead atoms. The first-order chi connectivity index (χ1) is 12.4. The molecule has 2 aromatic heterocycles. The van der Waals surface area contributed by atoms with Gasteiger partial charge in [-0.3, -0.25) is 19.3 Å². The lowest BCUT2D eigenvalue weighted by Crippen LogP contribution is -2.29. The molecule has 0 aliphatic carbocycles. The third-order valence-electron chi connectivity index (χ3n) is 4.24. The van der Waals surface area contributed by atoms with E-state index in [2.05, 4.69) is 15.5 Å². The van der Waals surface area contributed by atoms with E-state index in [0.29, 0.717) is 28.4 Å². The lowest BCUT2D eigenvalue weighted by Gasteiger charge is -2.13. The molecule has 2 N–H and O–H groups in total. The van der Waals surface area contributed by atoms with Crippen molar-refractivity contribution in [1.29, 1.82) is 0 Å². The van der Waals surface area contributed by atoms with E-state index >= 15 is 0 Å². The molecule has 0 radical (unpaired) electrons. The Balaban J connectivity index is 2.09. The predicted molar refractivity (Wildman–Crippen MR) is 99.3 cm³/mol. The minimum absolute atomic E-state index is 0.0819. The van der Waals surface area contributed by atoms with Crippen molar-refractivity contribution in [3.8, 4) is 11.4 Å². The Morgan fingerprint density at radius 3 is 2.58 bits per heavy atom. The average molecular weight is 352 g/mol. The van der Waals surface area contributed by atoms with Crippen molar-refractivity contribution in [3.05, 3.63) is 69.4 Å². The Hall–Kier alpha value is -3.35. The number of nitrogens with one attached hydrogen (secondary N) is 2. The molecule has 2 heterocycles. The van der Waals surface area contributed by atoms with Gasteiger partial charge in [-0.1, -0.05) is 12.1 Å². The molecule has 0 atom stereocenters. The van der Waals surface area contributed by atoms with Crippen LogP contribution >= 0.6 is 0 Å². The minimum Gasteiger partial charge on any atom is -0.495 e. The van der Waals surface area contributed by atoms with Crippen LogP contribution in [0.3, 0.4) is 0 Å². The van der Waals surface area contributed by atoms with Crippen LogP contribution in [0, 0.1) is 20.8 Å². The van der Waals surface area contributed by atoms with Crippen molar-refractivity contribution in [1.82, 2.24) is 14.8 Å². The van der Waals surface area contributed by atoms with Gasteiger partial charge in [0, 0.05) is 6.20 Å². The molecule has 0 unspecified atom stereocenters. The minimum atomic E-state index is -0.468. The van der Waals surface area contributed by atoms with Crippen LogP contribution in [0.5, 0.6) is 5.75 Å². The summed E-state index contributed by atoms with van der Waals surface area (Å²) in [5.41, 5.74) is 2.82. The van der Waals surface area contributed by atoms with Crippen LogP contribution < -0.4 is 15.6 Å². The number of aromatic amines is 1. The highest BCUT2D eigenvalue weighted by molar-refractivity contribution is 6.05. The van der Waals surface area contributed by atoms with Crippen molar-refractivity contribution in [3.63, 3.8) is 0 Å². The second-order valence-electron chi connectivity index (χ2n) is 5.98. The van der Waals surface area contributed by atoms with E-state index in [-0.39, 0.29) is 5.56 Å². The summed E-state index contributed by atoms with van der Waals surface area (Å²) in [6, 6.07) is 8.89. The summed E-state index contributed by atoms with van der Waals surface area (Å²) in [5.74, 6) is 0.0793. The van der Waals surface area contributed by atoms with Crippen LogP contribution in [0.2, 0.25) is 0 Å². The third-order valence-corrected chi connectivity index (χ3v) is 4.24. The van der Waals surface area contributed by atoms with E-state index in [0.717, 1.165) is 5.69 Å². The second kappa shape index (κ2) is 6.87. The fraction of sp³-hybridized carbons (Fsp3) is 0.211. The first-order valence-corrected chi connectivity index (χ1v) is 8.12. The maximum absolute atomic E-state index is 13.0. The molecule has 0 saturated heterocycles. The predicted octanol–water partition coefficient (Wildman–Crippen LogP) is 2.75. The lowest BCUT2D eigenvalue weighted by molar-refractivity contribution is 0.102. The largest absolute Gasteiger partial charge is 0.495 e. The van der Waals surface area contributed by atoms with Crippen molar-refractivity contribution >= 4 is 11.6 Å². The van der Waals surface area contributed by atoms with E-state index in [1.165, 1.54) is 11.7 Å². The Kier molecular flexibility index (Phi) is 4.62. The molecule has 1 aromatic carbocycles. The molecule has 3 rings (SSSR count). The van der Waals surface area contributed by atoms with Gasteiger partial charge in [0.1, 0.15) is 11.3 Å². The number of carbonyl (C=O) groups excluding carboxylic acids is 1. The number of rotatable bonds is 4. The summed E-state index contributed by atoms with van der Waals surface area (Å²) in [6.07, 6.45) is 1.64. The molecule has 134 valence electrons. The van der Waals surface area contributed by atoms with E-state index in [1.807, 2.05) is 12.1 Å². The Morgan fingerprint density at radius 1 is 1.19 bits per heavy atom. The molecule has 0 aliphatic rings. The van der Waals surface area contributed by atoms with Gasteiger partial charge in [0.25, 0.3) is 11.5 Å². The molecule has 0 aliphatic heterocycles. The monoisotopic (exact) mass is 352 g/mol. The number of hydrogen-bond donors (Lipinski definition) is 2. The maximum atomic E-state index is 13.0. The SMILES string of the molecule is COc1ccccc1-n1ccc(C)c(C(=O)Nc2c(C)n[nH]c2C)c1=O. The average Bonchev–Trinajstić information content (AvgIpc) is 2.94. The summed E-state index contributed by atoms with van der Waals surface area (Å²) in [7, 11) is 1.54. The zero-order valence-corrected chi connectivity index (χ0v) is 15.1. The zero-order chi connectivity index (χ0) is 18.8. The van der Waals surface area contributed by atoms with Gasteiger partial charge < -0.3 is 10.1 Å². The normalized spacial score (nSPS) is 10.6. The molecule has 7 heteroatoms. The quantitative estimate of drug-likeness (QED) is 0.756. The number of carbonyl (C=O) groups is 1. The van der Waals surface area contributed by atoms with Gasteiger partial charge in [0.05, 0.1) is 29.9 Å². The number of aryl methyl sites for hydroxylation is 3. The van der Waals surface area contributed by atoms with E-state index < -0.39 is 11.5 Å². The van der Waals surface area contributed by atoms with Gasteiger partial charge in [0.2, 0.25) is 0 Å². The Bertz CT molecular complexity index is 1010. The number of H-pyrrole nitrogens is 1. The number of ether oxygens (including phenoxy) is 1. The van der Waals surface area contributed by atoms with Crippen molar-refractivity contribution in [2.24, 2.45) is 0 Å². The van der Waals surface area contributed by atoms with Gasteiger partial charge in [0.15, 0.2) is 0 Å². The van der Waals surface area contributed by atoms with E-state index in [4.69, 9.17) is 4.74 Å². The standard InChI is InChI=1S/C19H20N4O3/c1-11-9-10-23(14-7-5-6-8-15(14)26-4)19(25)16(11)18(24)20-17-12(2)21-22-13(17)3/h5-10H,1-4H3,(H,20,24)(H,21,22). The molecule has 0 saturated carbocycles. The van der Waals surface area contributed by atoms with Crippen LogP contribution in [0.1, 0.15) is 27.3 Å². The van der Waals surface area contributed by atoms with Crippen molar-refractivity contribution < 1.29 is 9.53 Å². The first-order valence-electron chi connectivity index (χ1n) is 8.12. The summed E-state index contributed by atoms with van der Waals surface area (Å²) in [6.45, 7) is 5.32. The number of anilines is 1. The molecule has 3 aromatic rings. The number of amides is 1. The molecule has 1 amide bonds. The summed E-state index contributed by atoms with van der Waals surface area (Å²) < 4.78 is 6.74. The highest BCUT2D eigenvalue weighted by Crippen LogP contribution is 2.22. The third kappa shape index (κ3) is 2.99. The highest BCUT2D eigenvalue weighted by Gasteiger charge is 2.19. The fourth-order valence-electron chi connectivity index (χ4n) is 2.83. The van der Waals surface area contributed by atoms with E-state index in [1.54, 1.807) is 45.2 Å². The highest BCUT2D eigenvalue weighted by atomic mass is 16.5. The molecule has 0 spiro atoms. The molecule has 26 heavy (non-hydrogen) atoms. The maximum Gasteiger partial charge on any atom is 0.268 e. The van der Waals surface area contributed by atoms with Crippen molar-refractivity contribution in [2.75, 3.05) is 12.4 Å². The second-order valence-corrected chi connectivity index (χ2v) is 5.98. The van der Waals surface area contributed by atoms with Crippen LogP contribution in [0.25, 0.3) is 5.69 Å². The number of benzene rings is 1. The van der Waals surface area contributed by atoms with Gasteiger partial charge in [-0.15, -0.1) is 0 Å². The zero-order valence-electron chi connectivity index (χ0n) is 15.1. The van der Waals surface area contributed by atoms with Gasteiger partial charge in [-0.05, 0) is 44.5 Å².